The number of rotatable bonds is 8. The van der Waals surface area contributed by atoms with Gasteiger partial charge >= 0.3 is 11.9 Å². The highest BCUT2D eigenvalue weighted by Gasteiger charge is 2.20. The second-order valence-electron chi connectivity index (χ2n) is 6.52. The van der Waals surface area contributed by atoms with Crippen molar-refractivity contribution in [2.24, 2.45) is 0 Å². The third-order valence-corrected chi connectivity index (χ3v) is 4.88. The van der Waals surface area contributed by atoms with E-state index in [1.54, 1.807) is 0 Å². The van der Waals surface area contributed by atoms with Crippen LogP contribution in [0.5, 0.6) is 0 Å². The molecule has 1 aromatic heterocycles. The lowest BCUT2D eigenvalue weighted by molar-refractivity contribution is -0.136. The molecule has 1 heterocycles. The van der Waals surface area contributed by atoms with Gasteiger partial charge in [0.25, 0.3) is 0 Å². The van der Waals surface area contributed by atoms with Crippen molar-refractivity contribution in [1.29, 1.82) is 0 Å². The number of H-pyrrole nitrogens is 1. The van der Waals surface area contributed by atoms with Crippen LogP contribution < -0.4 is 0 Å². The summed E-state index contributed by atoms with van der Waals surface area (Å²) in [6.07, 6.45) is 4.82. The Morgan fingerprint density at radius 2 is 1.88 bits per heavy atom. The Hall–Kier alpha value is -2.30. The predicted octanol–water partition coefficient (Wildman–Crippen LogP) is 4.32. The number of fused-ring (bicyclic) bond motifs is 1. The van der Waals surface area contributed by atoms with Gasteiger partial charge in [0.15, 0.2) is 0 Å². The van der Waals surface area contributed by atoms with Gasteiger partial charge in [-0.1, -0.05) is 19.8 Å². The molecule has 5 nitrogen and oxygen atoms in total. The van der Waals surface area contributed by atoms with Gasteiger partial charge in [-0.3, -0.25) is 4.79 Å². The fraction of sp³-hybridized carbons (Fsp3) is 0.500. The van der Waals surface area contributed by atoms with Crippen molar-refractivity contribution in [3.63, 3.8) is 0 Å². The van der Waals surface area contributed by atoms with E-state index in [9.17, 15) is 9.59 Å². The van der Waals surface area contributed by atoms with E-state index < -0.39 is 5.97 Å². The lowest BCUT2D eigenvalue weighted by Crippen LogP contribution is -2.05. The molecule has 0 aliphatic rings. The molecule has 25 heavy (non-hydrogen) atoms. The van der Waals surface area contributed by atoms with Gasteiger partial charge in [0, 0.05) is 23.0 Å². The summed E-state index contributed by atoms with van der Waals surface area (Å²) in [6, 6.07) is 1.83. The number of carboxylic acid groups (broad SMARTS) is 1. The van der Waals surface area contributed by atoms with Crippen LogP contribution in [0.25, 0.3) is 10.9 Å². The van der Waals surface area contributed by atoms with Crippen LogP contribution in [0.4, 0.5) is 0 Å². The zero-order valence-corrected chi connectivity index (χ0v) is 15.5. The predicted molar refractivity (Wildman–Crippen MR) is 98.3 cm³/mol. The molecule has 0 saturated carbocycles. The monoisotopic (exact) mass is 345 g/mol. The van der Waals surface area contributed by atoms with E-state index >= 15 is 0 Å². The summed E-state index contributed by atoms with van der Waals surface area (Å²) in [5.41, 5.74) is 5.50. The maximum atomic E-state index is 12.0. The zero-order chi connectivity index (χ0) is 18.6. The Labute approximate surface area is 148 Å². The molecule has 0 bridgehead atoms. The molecule has 1 aromatic carbocycles. The van der Waals surface area contributed by atoms with E-state index in [0.29, 0.717) is 12.0 Å². The topological polar surface area (TPSA) is 79.4 Å². The minimum Gasteiger partial charge on any atom is -0.481 e. The third kappa shape index (κ3) is 4.03. The Bertz CT molecular complexity index is 789. The number of aliphatic carboxylic acids is 1. The normalized spacial score (nSPS) is 11.0. The fourth-order valence-electron chi connectivity index (χ4n) is 3.39. The second kappa shape index (κ2) is 8.19. The number of methoxy groups -OCH3 is 1. The number of unbranched alkanes of at least 4 members (excludes halogenated alkanes) is 2. The van der Waals surface area contributed by atoms with Gasteiger partial charge in [-0.15, -0.1) is 0 Å². The highest BCUT2D eigenvalue weighted by atomic mass is 16.5. The molecule has 0 spiro atoms. The molecule has 2 N–H and O–H groups in total. The van der Waals surface area contributed by atoms with Crippen LogP contribution >= 0.6 is 0 Å². The Morgan fingerprint density at radius 1 is 1.16 bits per heavy atom. The van der Waals surface area contributed by atoms with Crippen LogP contribution in [0.2, 0.25) is 0 Å². The van der Waals surface area contributed by atoms with Crippen molar-refractivity contribution in [1.82, 2.24) is 4.98 Å². The molecule has 0 amide bonds. The molecule has 0 fully saturated rings. The molecule has 2 aromatic rings. The molecule has 0 unspecified atom stereocenters. The average Bonchev–Trinajstić information content (AvgIpc) is 2.93. The van der Waals surface area contributed by atoms with Crippen molar-refractivity contribution in [2.45, 2.75) is 59.3 Å². The number of aromatic nitrogens is 1. The molecule has 0 aliphatic carbocycles. The second-order valence-corrected chi connectivity index (χ2v) is 6.52. The van der Waals surface area contributed by atoms with E-state index in [1.165, 1.54) is 7.11 Å². The van der Waals surface area contributed by atoms with E-state index in [4.69, 9.17) is 9.84 Å². The summed E-state index contributed by atoms with van der Waals surface area (Å²) in [4.78, 5) is 26.5. The van der Waals surface area contributed by atoms with E-state index in [1.807, 2.05) is 19.9 Å². The van der Waals surface area contributed by atoms with Gasteiger partial charge in [-0.25, -0.2) is 4.79 Å². The number of esters is 1. The number of hydrogen-bond acceptors (Lipinski definition) is 3. The van der Waals surface area contributed by atoms with E-state index in [-0.39, 0.29) is 12.4 Å². The van der Waals surface area contributed by atoms with Crippen LogP contribution in [-0.2, 0) is 22.4 Å². The molecule has 0 aliphatic heterocycles. The number of carbonyl (C=O) groups is 2. The number of aromatic amines is 1. The Balaban J connectivity index is 2.58. The molecule has 136 valence electrons. The summed E-state index contributed by atoms with van der Waals surface area (Å²) < 4.78 is 4.89. The van der Waals surface area contributed by atoms with Crippen molar-refractivity contribution in [3.05, 3.63) is 34.0 Å². The number of aryl methyl sites for hydroxylation is 3. The third-order valence-electron chi connectivity index (χ3n) is 4.88. The van der Waals surface area contributed by atoms with Crippen LogP contribution in [0.1, 0.15) is 65.3 Å². The Morgan fingerprint density at radius 3 is 2.48 bits per heavy atom. The number of nitrogens with one attached hydrogen (secondary N) is 1. The largest absolute Gasteiger partial charge is 0.481 e. The van der Waals surface area contributed by atoms with Gasteiger partial charge in [0.1, 0.15) is 0 Å². The summed E-state index contributed by atoms with van der Waals surface area (Å²) in [7, 11) is 1.38. The summed E-state index contributed by atoms with van der Waals surface area (Å²) in [6.45, 7) is 6.05. The molecule has 0 saturated heterocycles. The summed E-state index contributed by atoms with van der Waals surface area (Å²) in [5, 5.41) is 10.1. The van der Waals surface area contributed by atoms with Crippen LogP contribution in [-0.4, -0.2) is 29.1 Å². The minimum atomic E-state index is -0.797. The number of benzene rings is 1. The van der Waals surface area contributed by atoms with Gasteiger partial charge in [-0.05, 0) is 55.9 Å². The smallest absolute Gasteiger partial charge is 0.338 e. The summed E-state index contributed by atoms with van der Waals surface area (Å²) in [5.74, 6) is -1.15. The first-order chi connectivity index (χ1) is 11.9. The van der Waals surface area contributed by atoms with Crippen molar-refractivity contribution in [3.8, 4) is 0 Å². The maximum Gasteiger partial charge on any atom is 0.338 e. The highest BCUT2D eigenvalue weighted by molar-refractivity contribution is 5.99. The molecule has 0 radical (unpaired) electrons. The van der Waals surface area contributed by atoms with Crippen molar-refractivity contribution in [2.75, 3.05) is 7.11 Å². The molecule has 0 atom stereocenters. The summed E-state index contributed by atoms with van der Waals surface area (Å²) >= 11 is 0. The maximum absolute atomic E-state index is 12.0. The quantitative estimate of drug-likeness (QED) is 0.551. The molecule has 2 rings (SSSR count). The number of ether oxygens (including phenoxy) is 1. The van der Waals surface area contributed by atoms with Crippen molar-refractivity contribution < 1.29 is 19.4 Å². The minimum absolute atomic E-state index is 0.102. The first kappa shape index (κ1) is 19.0. The lowest BCUT2D eigenvalue weighted by atomic mass is 9.94. The van der Waals surface area contributed by atoms with E-state index in [2.05, 4.69) is 11.9 Å². The molecular formula is C20H27NO4. The molecule has 5 heteroatoms. The number of carboxylic acids is 1. The van der Waals surface area contributed by atoms with Gasteiger partial charge < -0.3 is 14.8 Å². The van der Waals surface area contributed by atoms with Crippen molar-refractivity contribution >= 4 is 22.8 Å². The molecular weight excluding hydrogens is 318 g/mol. The Kier molecular flexibility index (Phi) is 6.23. The first-order valence-electron chi connectivity index (χ1n) is 8.84. The van der Waals surface area contributed by atoms with Crippen LogP contribution in [0.3, 0.4) is 0 Å². The van der Waals surface area contributed by atoms with Crippen LogP contribution in [0.15, 0.2) is 6.07 Å². The highest BCUT2D eigenvalue weighted by Crippen LogP contribution is 2.32. The van der Waals surface area contributed by atoms with Gasteiger partial charge in [-0.2, -0.15) is 0 Å². The van der Waals surface area contributed by atoms with Crippen LogP contribution in [0, 0.1) is 13.8 Å². The first-order valence-corrected chi connectivity index (χ1v) is 8.84. The standard InChI is InChI=1S/C20H27NO4/c1-5-6-7-8-16-14(9-10-18(22)23)19-13(3)12(2)15(20(24)25-4)11-17(19)21-16/h11,21H,5-10H2,1-4H3,(H,22,23). The number of hydrogen-bond donors (Lipinski definition) is 2. The van der Waals surface area contributed by atoms with E-state index in [0.717, 1.165) is 59.0 Å². The zero-order valence-electron chi connectivity index (χ0n) is 15.5. The number of carbonyl (C=O) groups excluding carboxylic acids is 1. The SMILES string of the molecule is CCCCCc1[nH]c2cc(C(=O)OC)c(C)c(C)c2c1CCC(=O)O. The van der Waals surface area contributed by atoms with Gasteiger partial charge in [0.2, 0.25) is 0 Å². The lowest BCUT2D eigenvalue weighted by Gasteiger charge is -2.10. The fourth-order valence-corrected chi connectivity index (χ4v) is 3.39. The average molecular weight is 345 g/mol. The van der Waals surface area contributed by atoms with Gasteiger partial charge in [0.05, 0.1) is 12.7 Å².